The van der Waals surface area contributed by atoms with Crippen LogP contribution in [0.15, 0.2) is 53.1 Å². The molecule has 2 heterocycles. The molecule has 0 amide bonds. The summed E-state index contributed by atoms with van der Waals surface area (Å²) in [5, 5.41) is 2.49. The van der Waals surface area contributed by atoms with Gasteiger partial charge in [-0.05, 0) is 35.2 Å². The molecule has 0 saturated heterocycles. The molecule has 126 valence electrons. The molecule has 2 nitrogen and oxygen atoms in total. The van der Waals surface area contributed by atoms with Gasteiger partial charge in [-0.3, -0.25) is 4.98 Å². The maximum absolute atomic E-state index is 13.5. The largest absolute Gasteiger partial charge is 0.455 e. The lowest BCUT2D eigenvalue weighted by Crippen LogP contribution is -2.12. The highest BCUT2D eigenvalue weighted by Gasteiger charge is 2.20. The van der Waals surface area contributed by atoms with Gasteiger partial charge in [-0.25, -0.2) is 4.39 Å². The second kappa shape index (κ2) is 5.57. The lowest BCUT2D eigenvalue weighted by molar-refractivity contribution is 0.590. The van der Waals surface area contributed by atoms with E-state index in [0.717, 1.165) is 27.6 Å². The molecule has 0 aliphatic rings. The summed E-state index contributed by atoms with van der Waals surface area (Å²) >= 11 is 6.34. The van der Waals surface area contributed by atoms with Gasteiger partial charge in [0.2, 0.25) is 0 Å². The van der Waals surface area contributed by atoms with Crippen LogP contribution in [-0.4, -0.2) is 4.98 Å². The van der Waals surface area contributed by atoms with Gasteiger partial charge in [0, 0.05) is 28.6 Å². The van der Waals surface area contributed by atoms with Crippen LogP contribution in [0.3, 0.4) is 0 Å². The number of nitrogens with zero attached hydrogens (tertiary/aromatic N) is 1. The fourth-order valence-electron chi connectivity index (χ4n) is 3.13. The number of para-hydroxylation sites is 1. The highest BCUT2D eigenvalue weighted by molar-refractivity contribution is 6.31. The Balaban J connectivity index is 2.00. The molecule has 0 N–H and O–H groups in total. The molecule has 2 aromatic carbocycles. The molecule has 4 heteroatoms. The first-order valence-electron chi connectivity index (χ1n) is 8.12. The van der Waals surface area contributed by atoms with Crippen molar-refractivity contribution in [2.24, 2.45) is 0 Å². The number of fused-ring (bicyclic) bond motifs is 3. The van der Waals surface area contributed by atoms with Crippen LogP contribution in [0.1, 0.15) is 26.3 Å². The third-order valence-electron chi connectivity index (χ3n) is 4.40. The predicted molar refractivity (Wildman–Crippen MR) is 101 cm³/mol. The van der Waals surface area contributed by atoms with Crippen LogP contribution in [0.4, 0.5) is 4.39 Å². The zero-order valence-corrected chi connectivity index (χ0v) is 15.0. The number of hydrogen-bond donors (Lipinski definition) is 0. The van der Waals surface area contributed by atoms with E-state index in [0.29, 0.717) is 16.2 Å². The molecular formula is C21H17ClFNO. The first-order valence-corrected chi connectivity index (χ1v) is 8.49. The van der Waals surface area contributed by atoms with Gasteiger partial charge < -0.3 is 4.42 Å². The summed E-state index contributed by atoms with van der Waals surface area (Å²) in [5.41, 5.74) is 3.83. The van der Waals surface area contributed by atoms with E-state index in [9.17, 15) is 4.39 Å². The van der Waals surface area contributed by atoms with Crippen molar-refractivity contribution in [1.82, 2.24) is 4.98 Å². The Morgan fingerprint density at radius 3 is 2.60 bits per heavy atom. The molecular weight excluding hydrogens is 337 g/mol. The van der Waals surface area contributed by atoms with Crippen LogP contribution in [0.25, 0.3) is 33.2 Å². The van der Waals surface area contributed by atoms with Gasteiger partial charge in [-0.1, -0.05) is 44.5 Å². The lowest BCUT2D eigenvalue weighted by Gasteiger charge is -2.21. The Hall–Kier alpha value is -2.39. The van der Waals surface area contributed by atoms with Gasteiger partial charge in [-0.15, -0.1) is 0 Å². The van der Waals surface area contributed by atoms with E-state index in [-0.39, 0.29) is 11.2 Å². The van der Waals surface area contributed by atoms with E-state index in [2.05, 4.69) is 25.8 Å². The number of rotatable bonds is 1. The number of aromatic nitrogens is 1. The Morgan fingerprint density at radius 1 is 1.04 bits per heavy atom. The smallest absolute Gasteiger partial charge is 0.144 e. The minimum absolute atomic E-state index is 0.0975. The van der Waals surface area contributed by atoms with Crippen molar-refractivity contribution in [3.05, 3.63) is 65.1 Å². The molecule has 0 spiro atoms. The monoisotopic (exact) mass is 353 g/mol. The number of hydrogen-bond acceptors (Lipinski definition) is 2. The van der Waals surface area contributed by atoms with Crippen molar-refractivity contribution in [1.29, 1.82) is 0 Å². The van der Waals surface area contributed by atoms with Crippen LogP contribution in [0.2, 0.25) is 5.02 Å². The molecule has 0 bridgehead atoms. The van der Waals surface area contributed by atoms with Gasteiger partial charge in [0.05, 0.1) is 10.7 Å². The Bertz CT molecular complexity index is 1110. The van der Waals surface area contributed by atoms with E-state index in [1.807, 2.05) is 24.3 Å². The van der Waals surface area contributed by atoms with Gasteiger partial charge in [-0.2, -0.15) is 0 Å². The summed E-state index contributed by atoms with van der Waals surface area (Å²) in [5.74, 6) is -0.312. The van der Waals surface area contributed by atoms with Crippen molar-refractivity contribution in [2.45, 2.75) is 26.2 Å². The minimum Gasteiger partial charge on any atom is -0.455 e. The van der Waals surface area contributed by atoms with Crippen molar-refractivity contribution in [3.63, 3.8) is 0 Å². The average Bonchev–Trinajstić information content (AvgIpc) is 2.91. The summed E-state index contributed by atoms with van der Waals surface area (Å²) in [6.07, 6.45) is 1.68. The van der Waals surface area contributed by atoms with Crippen molar-refractivity contribution < 1.29 is 8.81 Å². The number of furan rings is 1. The summed E-state index contributed by atoms with van der Waals surface area (Å²) in [6, 6.07) is 12.5. The van der Waals surface area contributed by atoms with E-state index in [1.54, 1.807) is 12.3 Å². The van der Waals surface area contributed by atoms with Crippen LogP contribution in [0.5, 0.6) is 0 Å². The Labute approximate surface area is 150 Å². The SMILES string of the molecule is CC(C)(C)c1cc(-c2cccc3c2oc2cc(F)ccc23)ncc1Cl. The maximum atomic E-state index is 13.5. The van der Waals surface area contributed by atoms with E-state index < -0.39 is 0 Å². The van der Waals surface area contributed by atoms with Crippen molar-refractivity contribution in [2.75, 3.05) is 0 Å². The first-order chi connectivity index (χ1) is 11.8. The topological polar surface area (TPSA) is 26.0 Å². The van der Waals surface area contributed by atoms with Crippen molar-refractivity contribution in [3.8, 4) is 11.3 Å². The average molecular weight is 354 g/mol. The molecule has 0 atom stereocenters. The zero-order valence-electron chi connectivity index (χ0n) is 14.2. The summed E-state index contributed by atoms with van der Waals surface area (Å²) in [4.78, 5) is 4.49. The maximum Gasteiger partial charge on any atom is 0.144 e. The molecule has 0 fully saturated rings. The first kappa shape index (κ1) is 16.1. The highest BCUT2D eigenvalue weighted by Crippen LogP contribution is 2.37. The molecule has 0 aliphatic heterocycles. The number of halogens is 2. The highest BCUT2D eigenvalue weighted by atomic mass is 35.5. The molecule has 0 saturated carbocycles. The molecule has 2 aromatic heterocycles. The molecule has 4 aromatic rings. The molecule has 25 heavy (non-hydrogen) atoms. The quantitative estimate of drug-likeness (QED) is 0.379. The van der Waals surface area contributed by atoms with Gasteiger partial charge in [0.15, 0.2) is 0 Å². The normalized spacial score (nSPS) is 12.2. The Kier molecular flexibility index (Phi) is 3.58. The van der Waals surface area contributed by atoms with Crippen LogP contribution in [-0.2, 0) is 5.41 Å². The van der Waals surface area contributed by atoms with Crippen LogP contribution >= 0.6 is 11.6 Å². The second-order valence-corrected chi connectivity index (χ2v) is 7.63. The van der Waals surface area contributed by atoms with Gasteiger partial charge >= 0.3 is 0 Å². The third-order valence-corrected chi connectivity index (χ3v) is 4.70. The van der Waals surface area contributed by atoms with Crippen LogP contribution in [0, 0.1) is 5.82 Å². The molecule has 0 aliphatic carbocycles. The summed E-state index contributed by atoms with van der Waals surface area (Å²) < 4.78 is 19.5. The van der Waals surface area contributed by atoms with Crippen molar-refractivity contribution >= 4 is 33.5 Å². The second-order valence-electron chi connectivity index (χ2n) is 7.22. The van der Waals surface area contributed by atoms with Gasteiger partial charge in [0.25, 0.3) is 0 Å². The predicted octanol–water partition coefficient (Wildman–Crippen LogP) is 6.74. The zero-order chi connectivity index (χ0) is 17.8. The molecule has 0 unspecified atom stereocenters. The number of pyridine rings is 1. The fourth-order valence-corrected chi connectivity index (χ4v) is 3.52. The van der Waals surface area contributed by atoms with Gasteiger partial charge in [0.1, 0.15) is 17.0 Å². The standard InChI is InChI=1S/C21H17ClFNO/c1-21(2,3)16-10-18(24-11-17(16)22)15-6-4-5-14-13-8-7-12(23)9-19(13)25-20(14)15/h4-11H,1-3H3. The third kappa shape index (κ3) is 2.69. The van der Waals surface area contributed by atoms with E-state index in [4.69, 9.17) is 16.0 Å². The summed E-state index contributed by atoms with van der Waals surface area (Å²) in [7, 11) is 0. The summed E-state index contributed by atoms with van der Waals surface area (Å²) in [6.45, 7) is 6.34. The van der Waals surface area contributed by atoms with Crippen LogP contribution < -0.4 is 0 Å². The minimum atomic E-state index is -0.312. The van der Waals surface area contributed by atoms with E-state index >= 15 is 0 Å². The molecule has 0 radical (unpaired) electrons. The molecule has 4 rings (SSSR count). The van der Waals surface area contributed by atoms with E-state index in [1.165, 1.54) is 12.1 Å². The lowest BCUT2D eigenvalue weighted by atomic mass is 9.86. The number of benzene rings is 2. The Morgan fingerprint density at radius 2 is 1.84 bits per heavy atom. The fraction of sp³-hybridized carbons (Fsp3) is 0.190.